The summed E-state index contributed by atoms with van der Waals surface area (Å²) in [7, 11) is 0. The lowest BCUT2D eigenvalue weighted by molar-refractivity contribution is -0.0511. The smallest absolute Gasteiger partial charge is 0.148 e. The van der Waals surface area contributed by atoms with Gasteiger partial charge in [-0.15, -0.1) is 0 Å². The Morgan fingerprint density at radius 1 is 1.60 bits per heavy atom. The largest absolute Gasteiger partial charge is 0.392 e. The SMILES string of the molecule is CC1(C)C(O)CC1Nc1ncncc1Cl. The molecule has 1 aromatic heterocycles. The van der Waals surface area contributed by atoms with Crippen molar-refractivity contribution < 1.29 is 5.11 Å². The highest BCUT2D eigenvalue weighted by Crippen LogP contribution is 2.42. The normalized spacial score (nSPS) is 28.3. The van der Waals surface area contributed by atoms with Crippen LogP contribution in [0.4, 0.5) is 5.82 Å². The standard InChI is InChI=1S/C10H14ClN3O/c1-10(2)7(3-8(10)15)14-9-6(11)4-12-5-13-9/h4-5,7-8,15H,3H2,1-2H3,(H,12,13,14). The lowest BCUT2D eigenvalue weighted by Crippen LogP contribution is -2.57. The molecule has 0 aliphatic heterocycles. The second-order valence-corrected chi connectivity index (χ2v) is 4.90. The van der Waals surface area contributed by atoms with Crippen molar-refractivity contribution in [2.24, 2.45) is 5.41 Å². The fourth-order valence-electron chi connectivity index (χ4n) is 1.73. The van der Waals surface area contributed by atoms with Crippen LogP contribution in [0.25, 0.3) is 0 Å². The van der Waals surface area contributed by atoms with Gasteiger partial charge in [0.15, 0.2) is 0 Å². The molecule has 0 radical (unpaired) electrons. The maximum atomic E-state index is 9.59. The van der Waals surface area contributed by atoms with E-state index < -0.39 is 0 Å². The number of aliphatic hydroxyl groups is 1. The van der Waals surface area contributed by atoms with Crippen LogP contribution in [-0.4, -0.2) is 27.2 Å². The highest BCUT2D eigenvalue weighted by molar-refractivity contribution is 6.32. The van der Waals surface area contributed by atoms with Crippen molar-refractivity contribution in [1.82, 2.24) is 9.97 Å². The van der Waals surface area contributed by atoms with E-state index in [0.717, 1.165) is 6.42 Å². The molecule has 0 amide bonds. The van der Waals surface area contributed by atoms with Gasteiger partial charge in [0.05, 0.1) is 12.3 Å². The van der Waals surface area contributed by atoms with Crippen LogP contribution in [-0.2, 0) is 0 Å². The van der Waals surface area contributed by atoms with Crippen LogP contribution >= 0.6 is 11.6 Å². The zero-order valence-electron chi connectivity index (χ0n) is 8.74. The number of aromatic nitrogens is 2. The van der Waals surface area contributed by atoms with E-state index in [1.54, 1.807) is 6.20 Å². The van der Waals surface area contributed by atoms with Crippen molar-refractivity contribution >= 4 is 17.4 Å². The fraction of sp³-hybridized carbons (Fsp3) is 0.600. The fourth-order valence-corrected chi connectivity index (χ4v) is 1.89. The molecule has 1 aliphatic carbocycles. The molecule has 1 fully saturated rings. The first-order valence-electron chi connectivity index (χ1n) is 4.92. The third-order valence-electron chi connectivity index (χ3n) is 3.19. The van der Waals surface area contributed by atoms with Crippen LogP contribution in [0.2, 0.25) is 5.02 Å². The second kappa shape index (κ2) is 3.61. The zero-order valence-corrected chi connectivity index (χ0v) is 9.49. The van der Waals surface area contributed by atoms with Gasteiger partial charge in [0.25, 0.3) is 0 Å². The summed E-state index contributed by atoms with van der Waals surface area (Å²) in [4.78, 5) is 7.87. The third kappa shape index (κ3) is 1.79. The lowest BCUT2D eigenvalue weighted by atomic mass is 9.64. The Morgan fingerprint density at radius 3 is 2.87 bits per heavy atom. The predicted octanol–water partition coefficient (Wildman–Crippen LogP) is 1.70. The molecular formula is C10H14ClN3O. The first-order chi connectivity index (χ1) is 7.01. The minimum absolute atomic E-state index is 0.131. The first kappa shape index (κ1) is 10.6. The van der Waals surface area contributed by atoms with E-state index in [0.29, 0.717) is 10.8 Å². The highest BCUT2D eigenvalue weighted by Gasteiger charge is 2.47. The molecule has 2 rings (SSSR count). The van der Waals surface area contributed by atoms with Crippen LogP contribution in [0.3, 0.4) is 0 Å². The van der Waals surface area contributed by atoms with Gasteiger partial charge >= 0.3 is 0 Å². The maximum Gasteiger partial charge on any atom is 0.148 e. The Labute approximate surface area is 93.7 Å². The van der Waals surface area contributed by atoms with Crippen molar-refractivity contribution in [2.75, 3.05) is 5.32 Å². The van der Waals surface area contributed by atoms with E-state index >= 15 is 0 Å². The van der Waals surface area contributed by atoms with Gasteiger partial charge in [-0.1, -0.05) is 25.4 Å². The number of nitrogens with one attached hydrogen (secondary N) is 1. The van der Waals surface area contributed by atoms with E-state index in [9.17, 15) is 5.11 Å². The van der Waals surface area contributed by atoms with Gasteiger partial charge in [-0.25, -0.2) is 9.97 Å². The van der Waals surface area contributed by atoms with Crippen LogP contribution in [0.5, 0.6) is 0 Å². The summed E-state index contributed by atoms with van der Waals surface area (Å²) in [6.07, 6.45) is 3.48. The molecule has 15 heavy (non-hydrogen) atoms. The van der Waals surface area contributed by atoms with Crippen molar-refractivity contribution in [1.29, 1.82) is 0 Å². The van der Waals surface area contributed by atoms with Crippen molar-refractivity contribution in [2.45, 2.75) is 32.4 Å². The summed E-state index contributed by atoms with van der Waals surface area (Å²) < 4.78 is 0. The molecule has 5 heteroatoms. The molecule has 1 heterocycles. The van der Waals surface area contributed by atoms with E-state index in [-0.39, 0.29) is 17.6 Å². The Morgan fingerprint density at radius 2 is 2.33 bits per heavy atom. The van der Waals surface area contributed by atoms with E-state index in [1.807, 2.05) is 13.8 Å². The Bertz CT molecular complexity index is 369. The lowest BCUT2D eigenvalue weighted by Gasteiger charge is -2.49. The summed E-state index contributed by atoms with van der Waals surface area (Å²) >= 11 is 5.93. The molecule has 0 spiro atoms. The maximum absolute atomic E-state index is 9.59. The van der Waals surface area contributed by atoms with Crippen LogP contribution in [0.15, 0.2) is 12.5 Å². The van der Waals surface area contributed by atoms with Gasteiger partial charge in [-0.05, 0) is 6.42 Å². The molecule has 0 saturated heterocycles. The van der Waals surface area contributed by atoms with Crippen molar-refractivity contribution in [3.8, 4) is 0 Å². The Hall–Kier alpha value is -0.870. The summed E-state index contributed by atoms with van der Waals surface area (Å²) in [6, 6.07) is 0.208. The summed E-state index contributed by atoms with van der Waals surface area (Å²) in [5.74, 6) is 0.636. The zero-order chi connectivity index (χ0) is 11.1. The highest BCUT2D eigenvalue weighted by atomic mass is 35.5. The molecule has 2 N–H and O–H groups in total. The van der Waals surface area contributed by atoms with Gasteiger partial charge in [0, 0.05) is 11.5 Å². The molecule has 1 aliphatic rings. The van der Waals surface area contributed by atoms with Crippen LogP contribution < -0.4 is 5.32 Å². The molecule has 0 bridgehead atoms. The average Bonchev–Trinajstić information content (AvgIpc) is 2.20. The predicted molar refractivity (Wildman–Crippen MR) is 58.9 cm³/mol. The molecule has 0 aromatic carbocycles. The van der Waals surface area contributed by atoms with Gasteiger partial charge in [0.1, 0.15) is 17.2 Å². The molecule has 82 valence electrons. The number of hydrogen-bond donors (Lipinski definition) is 2. The van der Waals surface area contributed by atoms with E-state index in [4.69, 9.17) is 11.6 Å². The summed E-state index contributed by atoms with van der Waals surface area (Å²) in [6.45, 7) is 4.04. The topological polar surface area (TPSA) is 58.0 Å². The van der Waals surface area contributed by atoms with E-state index in [2.05, 4.69) is 15.3 Å². The molecule has 1 saturated carbocycles. The van der Waals surface area contributed by atoms with Gasteiger partial charge in [0.2, 0.25) is 0 Å². The van der Waals surface area contributed by atoms with E-state index in [1.165, 1.54) is 6.33 Å². The number of anilines is 1. The van der Waals surface area contributed by atoms with Gasteiger partial charge in [-0.3, -0.25) is 0 Å². The summed E-state index contributed by atoms with van der Waals surface area (Å²) in [5.41, 5.74) is -0.131. The van der Waals surface area contributed by atoms with Crippen molar-refractivity contribution in [3.05, 3.63) is 17.5 Å². The van der Waals surface area contributed by atoms with Crippen LogP contribution in [0.1, 0.15) is 20.3 Å². The minimum Gasteiger partial charge on any atom is -0.392 e. The quantitative estimate of drug-likeness (QED) is 0.808. The van der Waals surface area contributed by atoms with Gasteiger partial charge < -0.3 is 10.4 Å². The summed E-state index contributed by atoms with van der Waals surface area (Å²) in [5, 5.41) is 13.3. The molecule has 2 atom stereocenters. The number of aliphatic hydroxyl groups excluding tert-OH is 1. The Kier molecular flexibility index (Phi) is 2.56. The number of rotatable bonds is 2. The molecule has 2 unspecified atom stereocenters. The average molecular weight is 228 g/mol. The number of halogens is 1. The molecule has 1 aromatic rings. The number of hydrogen-bond acceptors (Lipinski definition) is 4. The second-order valence-electron chi connectivity index (χ2n) is 4.49. The first-order valence-corrected chi connectivity index (χ1v) is 5.29. The monoisotopic (exact) mass is 227 g/mol. The minimum atomic E-state index is -0.254. The van der Waals surface area contributed by atoms with Gasteiger partial charge in [-0.2, -0.15) is 0 Å². The Balaban J connectivity index is 2.08. The van der Waals surface area contributed by atoms with Crippen molar-refractivity contribution in [3.63, 3.8) is 0 Å². The van der Waals surface area contributed by atoms with Crippen LogP contribution in [0, 0.1) is 5.41 Å². The number of nitrogens with zero attached hydrogens (tertiary/aromatic N) is 2. The molecular weight excluding hydrogens is 214 g/mol. The molecule has 4 nitrogen and oxygen atoms in total. The third-order valence-corrected chi connectivity index (χ3v) is 3.47.